The minimum absolute atomic E-state index is 0.0197. The monoisotopic (exact) mass is 398 g/mol. The van der Waals surface area contributed by atoms with Gasteiger partial charge in [0.25, 0.3) is 5.91 Å². The molecule has 4 N–H and O–H groups in total. The first kappa shape index (κ1) is 22.8. The Hall–Kier alpha value is -2.53. The molecule has 0 aliphatic rings. The fourth-order valence-corrected chi connectivity index (χ4v) is 3.08. The summed E-state index contributed by atoms with van der Waals surface area (Å²) >= 11 is 0. The largest absolute Gasteiger partial charge is 0.507 e. The first-order valence-electron chi connectivity index (χ1n) is 10.0. The average molecular weight is 399 g/mol. The Bertz CT molecular complexity index is 861. The standard InChI is InChI=1S/C24H34N2O3/c1-23(2,3)17-13-16(21(28)19(14-17)24(4,5)6)15-25-11-12-26-22(29)18-9-7-8-10-20(18)27/h7-10,13-14,25,27-28H,11-12,15H2,1-6H3,(H,26,29). The zero-order valence-corrected chi connectivity index (χ0v) is 18.4. The highest BCUT2D eigenvalue weighted by molar-refractivity contribution is 5.96. The molecule has 2 aromatic rings. The number of carbonyl (C=O) groups is 1. The van der Waals surface area contributed by atoms with E-state index in [1.54, 1.807) is 18.2 Å². The number of para-hydroxylation sites is 1. The Labute approximate surface area is 174 Å². The minimum Gasteiger partial charge on any atom is -0.507 e. The van der Waals surface area contributed by atoms with Crippen molar-refractivity contribution >= 4 is 5.91 Å². The molecule has 0 atom stereocenters. The van der Waals surface area contributed by atoms with Gasteiger partial charge < -0.3 is 20.8 Å². The number of benzene rings is 2. The third-order valence-electron chi connectivity index (χ3n) is 4.91. The van der Waals surface area contributed by atoms with Gasteiger partial charge in [-0.3, -0.25) is 4.79 Å². The highest BCUT2D eigenvalue weighted by Gasteiger charge is 2.24. The van der Waals surface area contributed by atoms with Crippen LogP contribution in [0.15, 0.2) is 36.4 Å². The van der Waals surface area contributed by atoms with Gasteiger partial charge in [-0.25, -0.2) is 0 Å². The number of phenols is 2. The van der Waals surface area contributed by atoms with E-state index in [4.69, 9.17) is 0 Å². The van der Waals surface area contributed by atoms with Crippen molar-refractivity contribution in [1.29, 1.82) is 0 Å². The van der Waals surface area contributed by atoms with Gasteiger partial charge in [0.2, 0.25) is 0 Å². The van der Waals surface area contributed by atoms with E-state index in [-0.39, 0.29) is 28.1 Å². The minimum atomic E-state index is -0.308. The van der Waals surface area contributed by atoms with E-state index in [9.17, 15) is 15.0 Å². The van der Waals surface area contributed by atoms with E-state index in [0.717, 1.165) is 11.1 Å². The highest BCUT2D eigenvalue weighted by Crippen LogP contribution is 2.37. The maximum absolute atomic E-state index is 12.1. The molecule has 158 valence electrons. The van der Waals surface area contributed by atoms with Crippen LogP contribution in [0.2, 0.25) is 0 Å². The van der Waals surface area contributed by atoms with Gasteiger partial charge in [0.15, 0.2) is 0 Å². The van der Waals surface area contributed by atoms with Crippen LogP contribution in [0.3, 0.4) is 0 Å². The molecule has 0 radical (unpaired) electrons. The Kier molecular flexibility index (Phi) is 6.96. The molecule has 0 heterocycles. The van der Waals surface area contributed by atoms with Crippen molar-refractivity contribution in [2.75, 3.05) is 13.1 Å². The fraction of sp³-hybridized carbons (Fsp3) is 0.458. The number of carbonyl (C=O) groups excluding carboxylic acids is 1. The molecule has 2 aromatic carbocycles. The molecular weight excluding hydrogens is 364 g/mol. The van der Waals surface area contributed by atoms with Gasteiger partial charge in [0.1, 0.15) is 11.5 Å². The number of aromatic hydroxyl groups is 2. The molecule has 0 saturated carbocycles. The first-order valence-corrected chi connectivity index (χ1v) is 10.0. The number of rotatable bonds is 6. The fourth-order valence-electron chi connectivity index (χ4n) is 3.08. The molecular formula is C24H34N2O3. The molecule has 0 bridgehead atoms. The molecule has 0 aliphatic carbocycles. The van der Waals surface area contributed by atoms with Crippen LogP contribution in [0.4, 0.5) is 0 Å². The molecule has 2 rings (SSSR count). The van der Waals surface area contributed by atoms with Crippen molar-refractivity contribution in [2.45, 2.75) is 58.9 Å². The van der Waals surface area contributed by atoms with E-state index in [1.165, 1.54) is 11.6 Å². The molecule has 0 saturated heterocycles. The lowest BCUT2D eigenvalue weighted by Crippen LogP contribution is -2.31. The summed E-state index contributed by atoms with van der Waals surface area (Å²) in [5.41, 5.74) is 3.06. The van der Waals surface area contributed by atoms with Crippen molar-refractivity contribution in [2.24, 2.45) is 0 Å². The predicted octanol–water partition coefficient (Wildman–Crippen LogP) is 4.21. The molecule has 0 aromatic heterocycles. The SMILES string of the molecule is CC(C)(C)c1cc(CNCCNC(=O)c2ccccc2O)c(O)c(C(C)(C)C)c1. The zero-order valence-electron chi connectivity index (χ0n) is 18.4. The van der Waals surface area contributed by atoms with E-state index >= 15 is 0 Å². The smallest absolute Gasteiger partial charge is 0.255 e. The summed E-state index contributed by atoms with van der Waals surface area (Å²) in [6.07, 6.45) is 0. The maximum Gasteiger partial charge on any atom is 0.255 e. The summed E-state index contributed by atoms with van der Waals surface area (Å²) < 4.78 is 0. The second-order valence-electron chi connectivity index (χ2n) is 9.48. The molecule has 1 amide bonds. The van der Waals surface area contributed by atoms with Gasteiger partial charge in [-0.2, -0.15) is 0 Å². The first-order chi connectivity index (χ1) is 13.4. The van der Waals surface area contributed by atoms with Gasteiger partial charge in [-0.1, -0.05) is 65.8 Å². The highest BCUT2D eigenvalue weighted by atomic mass is 16.3. The molecule has 0 aliphatic heterocycles. The summed E-state index contributed by atoms with van der Waals surface area (Å²) in [5, 5.41) is 26.6. The number of phenolic OH excluding ortho intramolecular Hbond substituents is 2. The predicted molar refractivity (Wildman–Crippen MR) is 118 cm³/mol. The topological polar surface area (TPSA) is 81.6 Å². The normalized spacial score (nSPS) is 12.1. The van der Waals surface area contributed by atoms with Crippen LogP contribution in [-0.2, 0) is 17.4 Å². The van der Waals surface area contributed by atoms with Gasteiger partial charge in [0, 0.05) is 25.2 Å². The molecule has 5 heteroatoms. The Morgan fingerprint density at radius 2 is 1.59 bits per heavy atom. The van der Waals surface area contributed by atoms with Crippen molar-refractivity contribution in [3.05, 3.63) is 58.7 Å². The zero-order chi connectivity index (χ0) is 21.8. The van der Waals surface area contributed by atoms with Gasteiger partial charge in [0.05, 0.1) is 5.56 Å². The number of amides is 1. The lowest BCUT2D eigenvalue weighted by molar-refractivity contribution is 0.0951. The van der Waals surface area contributed by atoms with Crippen LogP contribution in [0.1, 0.15) is 68.6 Å². The van der Waals surface area contributed by atoms with E-state index < -0.39 is 0 Å². The second-order valence-corrected chi connectivity index (χ2v) is 9.48. The van der Waals surface area contributed by atoms with Crippen LogP contribution in [-0.4, -0.2) is 29.2 Å². The lowest BCUT2D eigenvalue weighted by atomic mass is 9.79. The van der Waals surface area contributed by atoms with Crippen LogP contribution in [0, 0.1) is 0 Å². The third kappa shape index (κ3) is 5.97. The molecule has 5 nitrogen and oxygen atoms in total. The molecule has 29 heavy (non-hydrogen) atoms. The quantitative estimate of drug-likeness (QED) is 0.550. The number of nitrogens with one attached hydrogen (secondary N) is 2. The van der Waals surface area contributed by atoms with Crippen molar-refractivity contribution in [3.8, 4) is 11.5 Å². The van der Waals surface area contributed by atoms with E-state index in [1.807, 2.05) is 0 Å². The van der Waals surface area contributed by atoms with Gasteiger partial charge >= 0.3 is 0 Å². The summed E-state index contributed by atoms with van der Waals surface area (Å²) in [4.78, 5) is 12.1. The van der Waals surface area contributed by atoms with Crippen molar-refractivity contribution < 1.29 is 15.0 Å². The van der Waals surface area contributed by atoms with Crippen LogP contribution < -0.4 is 10.6 Å². The van der Waals surface area contributed by atoms with Crippen molar-refractivity contribution in [1.82, 2.24) is 10.6 Å². The van der Waals surface area contributed by atoms with Gasteiger partial charge in [-0.05, 0) is 34.1 Å². The Morgan fingerprint density at radius 3 is 2.17 bits per heavy atom. The summed E-state index contributed by atoms with van der Waals surface area (Å²) in [7, 11) is 0. The van der Waals surface area contributed by atoms with Crippen LogP contribution >= 0.6 is 0 Å². The summed E-state index contributed by atoms with van der Waals surface area (Å²) in [6, 6.07) is 10.6. The van der Waals surface area contributed by atoms with E-state index in [2.05, 4.69) is 64.3 Å². The average Bonchev–Trinajstić information content (AvgIpc) is 2.60. The third-order valence-corrected chi connectivity index (χ3v) is 4.91. The summed E-state index contributed by atoms with van der Waals surface area (Å²) in [6.45, 7) is 14.3. The van der Waals surface area contributed by atoms with E-state index in [0.29, 0.717) is 25.4 Å². The second kappa shape index (κ2) is 8.87. The number of hydrogen-bond acceptors (Lipinski definition) is 4. The van der Waals surface area contributed by atoms with Crippen LogP contribution in [0.5, 0.6) is 11.5 Å². The summed E-state index contributed by atoms with van der Waals surface area (Å²) in [5.74, 6) is -0.00896. The van der Waals surface area contributed by atoms with Crippen LogP contribution in [0.25, 0.3) is 0 Å². The maximum atomic E-state index is 12.1. The molecule has 0 unspecified atom stereocenters. The molecule has 0 spiro atoms. The Morgan fingerprint density at radius 1 is 0.931 bits per heavy atom. The van der Waals surface area contributed by atoms with Crippen molar-refractivity contribution in [3.63, 3.8) is 0 Å². The Balaban J connectivity index is 2.01. The lowest BCUT2D eigenvalue weighted by Gasteiger charge is -2.27. The molecule has 0 fully saturated rings. The van der Waals surface area contributed by atoms with Gasteiger partial charge in [-0.15, -0.1) is 0 Å². The number of hydrogen-bond donors (Lipinski definition) is 4.